The number of aromatic amines is 1. The van der Waals surface area contributed by atoms with E-state index in [-0.39, 0.29) is 12.4 Å². The molecule has 0 unspecified atom stereocenters. The lowest BCUT2D eigenvalue weighted by molar-refractivity contribution is -0.139. The van der Waals surface area contributed by atoms with Crippen LogP contribution < -0.4 is 10.9 Å². The topological polar surface area (TPSA) is 66.9 Å². The molecule has 0 radical (unpaired) electrons. The average Bonchev–Trinajstić information content (AvgIpc) is 2.98. The number of H-pyrrole nitrogens is 1. The van der Waals surface area contributed by atoms with Crippen LogP contribution in [0.25, 0.3) is 10.9 Å². The van der Waals surface area contributed by atoms with Crippen LogP contribution >= 0.6 is 0 Å². The van der Waals surface area contributed by atoms with E-state index in [9.17, 15) is 27.2 Å². The summed E-state index contributed by atoms with van der Waals surface area (Å²) in [6, 6.07) is 6.06. The second kappa shape index (κ2) is 7.26. The largest absolute Gasteiger partial charge is 0.421 e. The van der Waals surface area contributed by atoms with E-state index in [0.29, 0.717) is 22.6 Å². The maximum atomic E-state index is 13.2. The highest BCUT2D eigenvalue weighted by Crippen LogP contribution is 2.26. The van der Waals surface area contributed by atoms with Crippen LogP contribution in [0, 0.1) is 5.82 Å². The Labute approximate surface area is 150 Å². The van der Waals surface area contributed by atoms with Crippen LogP contribution in [0.1, 0.15) is 11.1 Å². The molecular weight excluding hydrogens is 366 g/mol. The molecule has 0 atom stereocenters. The summed E-state index contributed by atoms with van der Waals surface area (Å²) in [5, 5.41) is 3.38. The number of amides is 1. The van der Waals surface area contributed by atoms with E-state index in [1.807, 2.05) is 0 Å². The summed E-state index contributed by atoms with van der Waals surface area (Å²) in [5.74, 6) is -0.946. The van der Waals surface area contributed by atoms with Crippen molar-refractivity contribution in [1.29, 1.82) is 0 Å². The minimum atomic E-state index is -4.77. The van der Waals surface area contributed by atoms with Gasteiger partial charge in [0.05, 0.1) is 0 Å². The van der Waals surface area contributed by atoms with Crippen LogP contribution in [0.15, 0.2) is 47.5 Å². The molecule has 0 spiro atoms. The Balaban J connectivity index is 1.61. The van der Waals surface area contributed by atoms with Crippen molar-refractivity contribution >= 4 is 16.8 Å². The zero-order valence-corrected chi connectivity index (χ0v) is 13.9. The van der Waals surface area contributed by atoms with Crippen LogP contribution in [-0.4, -0.2) is 22.0 Å². The average molecular weight is 381 g/mol. The minimum absolute atomic E-state index is 0.219. The number of pyridine rings is 1. The van der Waals surface area contributed by atoms with Gasteiger partial charge in [-0.05, 0) is 42.3 Å². The number of benzene rings is 1. The molecule has 1 aromatic carbocycles. The monoisotopic (exact) mass is 381 g/mol. The number of alkyl halides is 3. The molecule has 3 rings (SSSR count). The fourth-order valence-corrected chi connectivity index (χ4v) is 2.79. The number of hydrogen-bond donors (Lipinski definition) is 2. The molecule has 2 heterocycles. The molecule has 0 aliphatic rings. The summed E-state index contributed by atoms with van der Waals surface area (Å²) in [5.41, 5.74) is -1.09. The molecular formula is C18H15F4N3O2. The van der Waals surface area contributed by atoms with Crippen molar-refractivity contribution in [3.05, 3.63) is 70.0 Å². The Hall–Kier alpha value is -3.10. The number of halogens is 4. The van der Waals surface area contributed by atoms with Gasteiger partial charge >= 0.3 is 6.18 Å². The van der Waals surface area contributed by atoms with Gasteiger partial charge in [-0.3, -0.25) is 9.59 Å². The summed E-state index contributed by atoms with van der Waals surface area (Å²) >= 11 is 0. The van der Waals surface area contributed by atoms with Crippen LogP contribution in [0.2, 0.25) is 0 Å². The molecule has 2 aromatic heterocycles. The molecule has 0 aliphatic carbocycles. The zero-order chi connectivity index (χ0) is 19.6. The molecule has 0 aliphatic heterocycles. The van der Waals surface area contributed by atoms with Crippen molar-refractivity contribution in [2.24, 2.45) is 0 Å². The number of carbonyl (C=O) groups excluding carboxylic acids is 1. The van der Waals surface area contributed by atoms with Crippen molar-refractivity contribution < 1.29 is 22.4 Å². The molecule has 2 N–H and O–H groups in total. The Bertz CT molecular complexity index is 1040. The van der Waals surface area contributed by atoms with Gasteiger partial charge in [-0.25, -0.2) is 4.39 Å². The van der Waals surface area contributed by atoms with Gasteiger partial charge in [0.15, 0.2) is 0 Å². The molecule has 3 aromatic rings. The molecule has 142 valence electrons. The normalized spacial score (nSPS) is 11.7. The lowest BCUT2D eigenvalue weighted by Gasteiger charge is -2.10. The quantitative estimate of drug-likeness (QED) is 0.668. The van der Waals surface area contributed by atoms with E-state index in [0.717, 1.165) is 23.2 Å². The first-order valence-electron chi connectivity index (χ1n) is 8.04. The number of nitrogens with one attached hydrogen (secondary N) is 2. The number of rotatable bonds is 5. The summed E-state index contributed by atoms with van der Waals surface area (Å²) in [7, 11) is 0. The third-order valence-corrected chi connectivity index (χ3v) is 4.09. The van der Waals surface area contributed by atoms with E-state index >= 15 is 0 Å². The first kappa shape index (κ1) is 18.7. The number of aromatic nitrogens is 2. The van der Waals surface area contributed by atoms with Crippen molar-refractivity contribution in [1.82, 2.24) is 14.9 Å². The third kappa shape index (κ3) is 4.18. The summed E-state index contributed by atoms with van der Waals surface area (Å²) in [6.07, 6.45) is -1.50. The number of nitrogens with zero attached hydrogens (tertiary/aromatic N) is 1. The van der Waals surface area contributed by atoms with Crippen molar-refractivity contribution in [2.75, 3.05) is 6.54 Å². The molecule has 0 bridgehead atoms. The number of fused-ring (bicyclic) bond motifs is 1. The van der Waals surface area contributed by atoms with Gasteiger partial charge in [-0.2, -0.15) is 13.2 Å². The Morgan fingerprint density at radius 3 is 2.74 bits per heavy atom. The summed E-state index contributed by atoms with van der Waals surface area (Å²) in [4.78, 5) is 26.7. The third-order valence-electron chi connectivity index (χ3n) is 4.09. The van der Waals surface area contributed by atoms with Crippen LogP contribution in [-0.2, 0) is 23.9 Å². The van der Waals surface area contributed by atoms with Gasteiger partial charge < -0.3 is 14.9 Å². The fourth-order valence-electron chi connectivity index (χ4n) is 2.79. The van der Waals surface area contributed by atoms with Gasteiger partial charge in [-0.15, -0.1) is 0 Å². The summed E-state index contributed by atoms with van der Waals surface area (Å²) < 4.78 is 52.1. The van der Waals surface area contributed by atoms with E-state index in [4.69, 9.17) is 0 Å². The Kier molecular flexibility index (Phi) is 5.02. The second-order valence-electron chi connectivity index (χ2n) is 5.96. The first-order chi connectivity index (χ1) is 12.8. The van der Waals surface area contributed by atoms with Gasteiger partial charge in [0, 0.05) is 29.8 Å². The van der Waals surface area contributed by atoms with Crippen LogP contribution in [0.5, 0.6) is 0 Å². The molecule has 1 amide bonds. The lowest BCUT2D eigenvalue weighted by Crippen LogP contribution is -2.35. The highest BCUT2D eigenvalue weighted by atomic mass is 19.4. The van der Waals surface area contributed by atoms with E-state index in [1.165, 1.54) is 12.1 Å². The molecule has 27 heavy (non-hydrogen) atoms. The predicted octanol–water partition coefficient (Wildman–Crippen LogP) is 2.85. The molecule has 5 nitrogen and oxygen atoms in total. The Morgan fingerprint density at radius 2 is 2.00 bits per heavy atom. The highest BCUT2D eigenvalue weighted by molar-refractivity contribution is 5.83. The van der Waals surface area contributed by atoms with Gasteiger partial charge in [0.2, 0.25) is 5.91 Å². The van der Waals surface area contributed by atoms with Crippen LogP contribution in [0.3, 0.4) is 0 Å². The lowest BCUT2D eigenvalue weighted by atomic mass is 10.1. The predicted molar refractivity (Wildman–Crippen MR) is 90.7 cm³/mol. The maximum Gasteiger partial charge on any atom is 0.421 e. The number of carbonyl (C=O) groups is 1. The molecule has 0 saturated carbocycles. The van der Waals surface area contributed by atoms with Gasteiger partial charge in [0.1, 0.15) is 17.9 Å². The molecule has 9 heteroatoms. The highest BCUT2D eigenvalue weighted by Gasteiger charge is 2.34. The van der Waals surface area contributed by atoms with Crippen molar-refractivity contribution in [3.8, 4) is 0 Å². The smallest absolute Gasteiger partial charge is 0.361 e. The van der Waals surface area contributed by atoms with Gasteiger partial charge in [0.25, 0.3) is 5.56 Å². The van der Waals surface area contributed by atoms with E-state index in [2.05, 4.69) is 10.3 Å². The second-order valence-corrected chi connectivity index (χ2v) is 5.96. The minimum Gasteiger partial charge on any atom is -0.361 e. The fraction of sp³-hybridized carbons (Fsp3) is 0.222. The van der Waals surface area contributed by atoms with E-state index < -0.39 is 29.8 Å². The molecule has 0 saturated heterocycles. The van der Waals surface area contributed by atoms with E-state index in [1.54, 1.807) is 12.3 Å². The Morgan fingerprint density at radius 1 is 1.22 bits per heavy atom. The number of hydrogen-bond acceptors (Lipinski definition) is 2. The van der Waals surface area contributed by atoms with Crippen molar-refractivity contribution in [2.45, 2.75) is 19.1 Å². The van der Waals surface area contributed by atoms with Gasteiger partial charge in [-0.1, -0.05) is 0 Å². The first-order valence-corrected chi connectivity index (χ1v) is 8.04. The zero-order valence-electron chi connectivity index (χ0n) is 13.9. The van der Waals surface area contributed by atoms with Crippen molar-refractivity contribution in [3.63, 3.8) is 0 Å². The summed E-state index contributed by atoms with van der Waals surface area (Å²) in [6.45, 7) is -0.293. The molecule has 0 fully saturated rings. The maximum absolute atomic E-state index is 13.2. The SMILES string of the molecule is O=C(Cn1cccc(C(F)(F)F)c1=O)NCCc1c[nH]c2cc(F)ccc12. The van der Waals surface area contributed by atoms with Crippen LogP contribution in [0.4, 0.5) is 17.6 Å². The standard InChI is InChI=1S/C18H15F4N3O2/c19-12-3-4-13-11(9-24-15(13)8-12)5-6-23-16(26)10-25-7-1-2-14(17(25)27)18(20,21)22/h1-4,7-9,24H,5-6,10H2,(H,23,26).